The number of hydrogen-bond acceptors (Lipinski definition) is 5. The predicted octanol–water partition coefficient (Wildman–Crippen LogP) is 2.55. The van der Waals surface area contributed by atoms with Gasteiger partial charge < -0.3 is 10.4 Å². The van der Waals surface area contributed by atoms with Gasteiger partial charge in [0.15, 0.2) is 0 Å². The Morgan fingerprint density at radius 3 is 2.43 bits per heavy atom. The van der Waals surface area contributed by atoms with Crippen LogP contribution in [-0.4, -0.2) is 37.5 Å². The average molecular weight is 315 g/mol. The van der Waals surface area contributed by atoms with E-state index < -0.39 is 0 Å². The van der Waals surface area contributed by atoms with Crippen molar-refractivity contribution in [1.82, 2.24) is 19.7 Å². The van der Waals surface area contributed by atoms with Crippen LogP contribution in [-0.2, 0) is 0 Å². The van der Waals surface area contributed by atoms with Crippen molar-refractivity contribution in [3.05, 3.63) is 29.2 Å². The summed E-state index contributed by atoms with van der Waals surface area (Å²) >= 11 is 0. The molecule has 3 rings (SSSR count). The fourth-order valence-corrected chi connectivity index (χ4v) is 3.25. The zero-order chi connectivity index (χ0) is 16.4. The van der Waals surface area contributed by atoms with Crippen LogP contribution in [0.3, 0.4) is 0 Å². The Hall–Kier alpha value is -1.95. The van der Waals surface area contributed by atoms with Crippen LogP contribution in [0.25, 0.3) is 5.95 Å². The molecule has 1 aliphatic carbocycles. The van der Waals surface area contributed by atoms with E-state index in [-0.39, 0.29) is 0 Å². The molecule has 0 amide bonds. The second-order valence-electron chi connectivity index (χ2n) is 6.58. The van der Waals surface area contributed by atoms with Crippen molar-refractivity contribution in [2.75, 3.05) is 11.9 Å². The van der Waals surface area contributed by atoms with E-state index in [9.17, 15) is 5.11 Å². The first-order chi connectivity index (χ1) is 11.0. The minimum absolute atomic E-state index is 0.307. The minimum atomic E-state index is 0.307. The molecule has 6 nitrogen and oxygen atoms in total. The standard InChI is InChI=1S/C17H25N5O/c1-11-9-16(19-15-6-4-14(10-23)5-7-15)20-17(18-11)22-13(3)8-12(2)21-22/h8-9,14-15,23H,4-7,10H2,1-3H3,(H,18,19,20). The van der Waals surface area contributed by atoms with E-state index in [1.165, 1.54) is 0 Å². The lowest BCUT2D eigenvalue weighted by atomic mass is 9.86. The van der Waals surface area contributed by atoms with Gasteiger partial charge >= 0.3 is 0 Å². The van der Waals surface area contributed by atoms with E-state index in [2.05, 4.69) is 20.4 Å². The number of aliphatic hydroxyl groups is 1. The summed E-state index contributed by atoms with van der Waals surface area (Å²) in [5.74, 6) is 1.93. The first kappa shape index (κ1) is 15.9. The number of aromatic nitrogens is 4. The van der Waals surface area contributed by atoms with Crippen molar-refractivity contribution < 1.29 is 5.11 Å². The van der Waals surface area contributed by atoms with Crippen molar-refractivity contribution in [3.8, 4) is 5.95 Å². The summed E-state index contributed by atoms with van der Waals surface area (Å²) in [7, 11) is 0. The molecule has 0 spiro atoms. The summed E-state index contributed by atoms with van der Waals surface area (Å²) in [6.45, 7) is 6.26. The monoisotopic (exact) mass is 315 g/mol. The van der Waals surface area contributed by atoms with E-state index in [0.29, 0.717) is 24.5 Å². The van der Waals surface area contributed by atoms with Gasteiger partial charge in [-0.3, -0.25) is 0 Å². The quantitative estimate of drug-likeness (QED) is 0.907. The number of nitrogens with zero attached hydrogens (tertiary/aromatic N) is 4. The first-order valence-corrected chi connectivity index (χ1v) is 8.32. The lowest BCUT2D eigenvalue weighted by Gasteiger charge is -2.28. The third-order valence-electron chi connectivity index (χ3n) is 4.50. The minimum Gasteiger partial charge on any atom is -0.396 e. The van der Waals surface area contributed by atoms with Crippen LogP contribution in [0.2, 0.25) is 0 Å². The molecule has 2 aromatic rings. The maximum atomic E-state index is 9.24. The van der Waals surface area contributed by atoms with E-state index in [1.54, 1.807) is 4.68 Å². The zero-order valence-corrected chi connectivity index (χ0v) is 14.1. The fraction of sp³-hybridized carbons (Fsp3) is 0.588. The molecule has 0 bridgehead atoms. The fourth-order valence-electron chi connectivity index (χ4n) is 3.25. The summed E-state index contributed by atoms with van der Waals surface area (Å²) < 4.78 is 1.79. The lowest BCUT2D eigenvalue weighted by Crippen LogP contribution is -2.28. The second kappa shape index (κ2) is 6.66. The van der Waals surface area contributed by atoms with E-state index >= 15 is 0 Å². The summed E-state index contributed by atoms with van der Waals surface area (Å²) in [4.78, 5) is 9.15. The van der Waals surface area contributed by atoms with Crippen LogP contribution in [0, 0.1) is 26.7 Å². The molecular weight excluding hydrogens is 290 g/mol. The van der Waals surface area contributed by atoms with Gasteiger partial charge in [0.05, 0.1) is 5.69 Å². The number of aryl methyl sites for hydroxylation is 3. The molecule has 0 unspecified atom stereocenters. The summed E-state index contributed by atoms with van der Waals surface area (Å²) in [5.41, 5.74) is 2.92. The first-order valence-electron chi connectivity index (χ1n) is 8.32. The molecule has 0 atom stereocenters. The topological polar surface area (TPSA) is 75.9 Å². The molecular formula is C17H25N5O. The Bertz CT molecular complexity index is 674. The van der Waals surface area contributed by atoms with Gasteiger partial charge in [-0.05, 0) is 58.4 Å². The molecule has 23 heavy (non-hydrogen) atoms. The highest BCUT2D eigenvalue weighted by molar-refractivity contribution is 5.40. The molecule has 2 N–H and O–H groups in total. The van der Waals surface area contributed by atoms with Crippen LogP contribution in [0.5, 0.6) is 0 Å². The molecule has 0 radical (unpaired) electrons. The molecule has 6 heteroatoms. The van der Waals surface area contributed by atoms with Gasteiger partial charge in [0.25, 0.3) is 5.95 Å². The highest BCUT2D eigenvalue weighted by Gasteiger charge is 2.21. The van der Waals surface area contributed by atoms with E-state index in [4.69, 9.17) is 0 Å². The maximum Gasteiger partial charge on any atom is 0.252 e. The molecule has 2 aromatic heterocycles. The highest BCUT2D eigenvalue weighted by Crippen LogP contribution is 2.26. The van der Waals surface area contributed by atoms with Crippen LogP contribution in [0.4, 0.5) is 5.82 Å². The van der Waals surface area contributed by atoms with Crippen LogP contribution in [0.1, 0.15) is 42.8 Å². The van der Waals surface area contributed by atoms with Crippen LogP contribution < -0.4 is 5.32 Å². The van der Waals surface area contributed by atoms with Crippen molar-refractivity contribution in [3.63, 3.8) is 0 Å². The second-order valence-corrected chi connectivity index (χ2v) is 6.58. The smallest absolute Gasteiger partial charge is 0.252 e. The third kappa shape index (κ3) is 3.69. The molecule has 0 aliphatic heterocycles. The third-order valence-corrected chi connectivity index (χ3v) is 4.50. The summed E-state index contributed by atoms with van der Waals surface area (Å²) in [6, 6.07) is 4.42. The largest absolute Gasteiger partial charge is 0.396 e. The van der Waals surface area contributed by atoms with E-state index in [0.717, 1.165) is 48.6 Å². The molecule has 1 aliphatic rings. The maximum absolute atomic E-state index is 9.24. The highest BCUT2D eigenvalue weighted by atomic mass is 16.3. The lowest BCUT2D eigenvalue weighted by molar-refractivity contribution is 0.185. The van der Waals surface area contributed by atoms with Crippen molar-refractivity contribution in [1.29, 1.82) is 0 Å². The number of aliphatic hydroxyl groups excluding tert-OH is 1. The predicted molar refractivity (Wildman–Crippen MR) is 89.8 cm³/mol. The van der Waals surface area contributed by atoms with Crippen molar-refractivity contribution in [2.45, 2.75) is 52.5 Å². The molecule has 1 saturated carbocycles. The van der Waals surface area contributed by atoms with Crippen molar-refractivity contribution in [2.24, 2.45) is 5.92 Å². The molecule has 1 fully saturated rings. The van der Waals surface area contributed by atoms with Gasteiger partial charge in [-0.15, -0.1) is 0 Å². The van der Waals surface area contributed by atoms with Gasteiger partial charge in [0.2, 0.25) is 0 Å². The Labute approximate surface area is 137 Å². The average Bonchev–Trinajstić information content (AvgIpc) is 2.86. The summed E-state index contributed by atoms with van der Waals surface area (Å²) in [5, 5.41) is 17.2. The van der Waals surface area contributed by atoms with E-state index in [1.807, 2.05) is 32.9 Å². The number of nitrogens with one attached hydrogen (secondary N) is 1. The number of anilines is 1. The SMILES string of the molecule is Cc1cc(NC2CCC(CO)CC2)nc(-n2nc(C)cc2C)n1. The summed E-state index contributed by atoms with van der Waals surface area (Å²) in [6.07, 6.45) is 4.29. The molecule has 124 valence electrons. The molecule has 2 heterocycles. The molecule has 0 aromatic carbocycles. The Morgan fingerprint density at radius 2 is 1.83 bits per heavy atom. The van der Waals surface area contributed by atoms with Gasteiger partial charge in [-0.25, -0.2) is 9.67 Å². The van der Waals surface area contributed by atoms with Crippen molar-refractivity contribution >= 4 is 5.82 Å². The van der Waals surface area contributed by atoms with Gasteiger partial charge in [0.1, 0.15) is 5.82 Å². The Balaban J connectivity index is 1.77. The van der Waals surface area contributed by atoms with Crippen LogP contribution >= 0.6 is 0 Å². The van der Waals surface area contributed by atoms with Gasteiger partial charge in [-0.1, -0.05) is 0 Å². The normalized spacial score (nSPS) is 21.4. The van der Waals surface area contributed by atoms with Crippen LogP contribution in [0.15, 0.2) is 12.1 Å². The molecule has 0 saturated heterocycles. The Morgan fingerprint density at radius 1 is 1.09 bits per heavy atom. The van der Waals surface area contributed by atoms with Gasteiger partial charge in [-0.2, -0.15) is 10.1 Å². The number of rotatable bonds is 4. The van der Waals surface area contributed by atoms with Gasteiger partial charge in [0, 0.05) is 30.1 Å². The Kier molecular flexibility index (Phi) is 4.61. The zero-order valence-electron chi connectivity index (χ0n) is 14.1. The number of hydrogen-bond donors (Lipinski definition) is 2.